The second-order valence-electron chi connectivity index (χ2n) is 4.04. The van der Waals surface area contributed by atoms with E-state index < -0.39 is 6.43 Å². The van der Waals surface area contributed by atoms with E-state index in [9.17, 15) is 13.6 Å². The van der Waals surface area contributed by atoms with Gasteiger partial charge < -0.3 is 10.2 Å². The van der Waals surface area contributed by atoms with Crippen LogP contribution in [0.5, 0.6) is 0 Å². The van der Waals surface area contributed by atoms with Crippen molar-refractivity contribution in [1.29, 1.82) is 0 Å². The Morgan fingerprint density at radius 2 is 2.05 bits per heavy atom. The summed E-state index contributed by atoms with van der Waals surface area (Å²) < 4.78 is 25.4. The first-order chi connectivity index (χ1) is 9.09. The second-order valence-corrected chi connectivity index (χ2v) is 5.64. The second kappa shape index (κ2) is 6.43. The Bertz CT molecular complexity index is 467. The SMILES string of the molecule is O=C(Nc1cccc(C(F)F)c1Cl)N1CCSCC1. The van der Waals surface area contributed by atoms with Crippen molar-refractivity contribution in [3.63, 3.8) is 0 Å². The number of carbonyl (C=O) groups is 1. The minimum atomic E-state index is -2.66. The molecule has 1 N–H and O–H groups in total. The average Bonchev–Trinajstić information content (AvgIpc) is 2.41. The van der Waals surface area contributed by atoms with Crippen LogP contribution in [0.4, 0.5) is 19.3 Å². The topological polar surface area (TPSA) is 32.3 Å². The van der Waals surface area contributed by atoms with Gasteiger partial charge in [-0.2, -0.15) is 11.8 Å². The van der Waals surface area contributed by atoms with E-state index >= 15 is 0 Å². The molecule has 1 aromatic rings. The highest BCUT2D eigenvalue weighted by Crippen LogP contribution is 2.32. The fourth-order valence-electron chi connectivity index (χ4n) is 1.78. The lowest BCUT2D eigenvalue weighted by atomic mass is 10.2. The normalized spacial score (nSPS) is 15.7. The summed E-state index contributed by atoms with van der Waals surface area (Å²) in [5.41, 5.74) is -0.0450. The molecule has 3 nitrogen and oxygen atoms in total. The van der Waals surface area contributed by atoms with Crippen LogP contribution in [0.25, 0.3) is 0 Å². The maximum Gasteiger partial charge on any atom is 0.321 e. The Labute approximate surface area is 119 Å². The number of thioether (sulfide) groups is 1. The molecule has 1 aliphatic rings. The van der Waals surface area contributed by atoms with Gasteiger partial charge in [0.15, 0.2) is 0 Å². The largest absolute Gasteiger partial charge is 0.323 e. The molecule has 0 bridgehead atoms. The van der Waals surface area contributed by atoms with E-state index in [1.165, 1.54) is 18.2 Å². The summed E-state index contributed by atoms with van der Waals surface area (Å²) in [5, 5.41) is 2.49. The van der Waals surface area contributed by atoms with Gasteiger partial charge in [-0.1, -0.05) is 23.7 Å². The first-order valence-corrected chi connectivity index (χ1v) is 7.33. The van der Waals surface area contributed by atoms with E-state index in [0.717, 1.165) is 11.5 Å². The standard InChI is InChI=1S/C12H13ClF2N2OS/c13-10-8(11(14)15)2-1-3-9(10)16-12(18)17-4-6-19-7-5-17/h1-3,11H,4-7H2,(H,16,18). The predicted octanol–water partition coefficient (Wildman–Crippen LogP) is 3.86. The van der Waals surface area contributed by atoms with Crippen LogP contribution in [0.2, 0.25) is 5.02 Å². The molecule has 2 rings (SSSR count). The van der Waals surface area contributed by atoms with Crippen molar-refractivity contribution in [2.24, 2.45) is 0 Å². The van der Waals surface area contributed by atoms with Crippen LogP contribution < -0.4 is 5.32 Å². The molecular weight excluding hydrogens is 294 g/mol. The molecule has 0 spiro atoms. The molecule has 7 heteroatoms. The fraction of sp³-hybridized carbons (Fsp3) is 0.417. The number of anilines is 1. The van der Waals surface area contributed by atoms with Crippen molar-refractivity contribution >= 4 is 35.1 Å². The number of nitrogens with zero attached hydrogens (tertiary/aromatic N) is 1. The number of alkyl halides is 2. The molecule has 1 fully saturated rings. The Hall–Kier alpha value is -1.01. The summed E-state index contributed by atoms with van der Waals surface area (Å²) in [7, 11) is 0. The zero-order chi connectivity index (χ0) is 13.8. The number of benzene rings is 1. The number of hydrogen-bond donors (Lipinski definition) is 1. The van der Waals surface area contributed by atoms with Crippen LogP contribution in [0, 0.1) is 0 Å². The molecule has 1 aliphatic heterocycles. The van der Waals surface area contributed by atoms with Crippen molar-refractivity contribution in [2.45, 2.75) is 6.43 Å². The van der Waals surface area contributed by atoms with Crippen molar-refractivity contribution in [1.82, 2.24) is 4.90 Å². The van der Waals surface area contributed by atoms with Crippen LogP contribution in [0.1, 0.15) is 12.0 Å². The van der Waals surface area contributed by atoms with Gasteiger partial charge in [0.2, 0.25) is 0 Å². The van der Waals surface area contributed by atoms with Crippen LogP contribution >= 0.6 is 23.4 Å². The summed E-state index contributed by atoms with van der Waals surface area (Å²) in [5.74, 6) is 1.77. The molecule has 0 unspecified atom stereocenters. The molecule has 0 aromatic heterocycles. The van der Waals surface area contributed by atoms with Gasteiger partial charge in [-0.25, -0.2) is 13.6 Å². The fourth-order valence-corrected chi connectivity index (χ4v) is 2.93. The summed E-state index contributed by atoms with van der Waals surface area (Å²) >= 11 is 7.65. The summed E-state index contributed by atoms with van der Waals surface area (Å²) in [4.78, 5) is 13.6. The maximum absolute atomic E-state index is 12.7. The highest BCUT2D eigenvalue weighted by Gasteiger charge is 2.19. The van der Waals surface area contributed by atoms with Gasteiger partial charge in [0.05, 0.1) is 10.7 Å². The highest BCUT2D eigenvalue weighted by molar-refractivity contribution is 7.99. The van der Waals surface area contributed by atoms with E-state index in [1.54, 1.807) is 16.7 Å². The monoisotopic (exact) mass is 306 g/mol. The lowest BCUT2D eigenvalue weighted by molar-refractivity contribution is 0.151. The zero-order valence-electron chi connectivity index (χ0n) is 10.0. The number of carbonyl (C=O) groups excluding carboxylic acids is 1. The van der Waals surface area contributed by atoms with E-state index in [1.807, 2.05) is 0 Å². The molecule has 0 aliphatic carbocycles. The molecule has 1 aromatic carbocycles. The number of urea groups is 1. The number of hydrogen-bond acceptors (Lipinski definition) is 2. The van der Waals surface area contributed by atoms with Gasteiger partial charge in [0.1, 0.15) is 0 Å². The molecule has 0 saturated carbocycles. The van der Waals surface area contributed by atoms with Gasteiger partial charge in [-0.3, -0.25) is 0 Å². The maximum atomic E-state index is 12.7. The quantitative estimate of drug-likeness (QED) is 0.900. The van der Waals surface area contributed by atoms with Crippen molar-refractivity contribution < 1.29 is 13.6 Å². The number of nitrogens with one attached hydrogen (secondary N) is 1. The Balaban J connectivity index is 2.10. The molecule has 2 amide bonds. The van der Waals surface area contributed by atoms with Crippen molar-refractivity contribution in [3.05, 3.63) is 28.8 Å². The molecular formula is C12H13ClF2N2OS. The van der Waals surface area contributed by atoms with Crippen molar-refractivity contribution in [2.75, 3.05) is 29.9 Å². The van der Waals surface area contributed by atoms with Crippen LogP contribution in [-0.2, 0) is 0 Å². The van der Waals surface area contributed by atoms with Crippen molar-refractivity contribution in [3.8, 4) is 0 Å². The first kappa shape index (κ1) is 14.4. The average molecular weight is 307 g/mol. The minimum Gasteiger partial charge on any atom is -0.323 e. The van der Waals surface area contributed by atoms with Gasteiger partial charge in [-0.15, -0.1) is 0 Å². The molecule has 1 heterocycles. The third kappa shape index (κ3) is 3.51. The summed E-state index contributed by atoms with van der Waals surface area (Å²) in [6.07, 6.45) is -2.66. The zero-order valence-corrected chi connectivity index (χ0v) is 11.6. The van der Waals surface area contributed by atoms with E-state index in [2.05, 4.69) is 5.32 Å². The lowest BCUT2D eigenvalue weighted by Crippen LogP contribution is -2.40. The van der Waals surface area contributed by atoms with Gasteiger partial charge in [-0.05, 0) is 6.07 Å². The lowest BCUT2D eigenvalue weighted by Gasteiger charge is -2.26. The Morgan fingerprint density at radius 3 is 2.68 bits per heavy atom. The third-order valence-electron chi connectivity index (χ3n) is 2.80. The third-order valence-corrected chi connectivity index (χ3v) is 4.17. The van der Waals surface area contributed by atoms with Gasteiger partial charge in [0.25, 0.3) is 6.43 Å². The van der Waals surface area contributed by atoms with Crippen LogP contribution in [0.15, 0.2) is 18.2 Å². The van der Waals surface area contributed by atoms with Crippen LogP contribution in [0.3, 0.4) is 0 Å². The predicted molar refractivity (Wildman–Crippen MR) is 74.3 cm³/mol. The number of amides is 2. The van der Waals surface area contributed by atoms with Gasteiger partial charge in [0, 0.05) is 30.2 Å². The minimum absolute atomic E-state index is 0.0998. The summed E-state index contributed by atoms with van der Waals surface area (Å²) in [6.45, 7) is 1.31. The summed E-state index contributed by atoms with van der Waals surface area (Å²) in [6, 6.07) is 3.92. The van der Waals surface area contributed by atoms with E-state index in [0.29, 0.717) is 13.1 Å². The number of rotatable bonds is 2. The Morgan fingerprint density at radius 1 is 1.37 bits per heavy atom. The highest BCUT2D eigenvalue weighted by atomic mass is 35.5. The number of halogens is 3. The Kier molecular flexibility index (Phi) is 4.87. The molecule has 0 atom stereocenters. The molecule has 19 heavy (non-hydrogen) atoms. The molecule has 0 radical (unpaired) electrons. The van der Waals surface area contributed by atoms with E-state index in [-0.39, 0.29) is 22.3 Å². The van der Waals surface area contributed by atoms with Gasteiger partial charge >= 0.3 is 6.03 Å². The van der Waals surface area contributed by atoms with E-state index in [4.69, 9.17) is 11.6 Å². The molecule has 104 valence electrons. The first-order valence-electron chi connectivity index (χ1n) is 5.80. The van der Waals surface area contributed by atoms with Crippen LogP contribution in [-0.4, -0.2) is 35.5 Å². The molecule has 1 saturated heterocycles. The smallest absolute Gasteiger partial charge is 0.321 e.